The van der Waals surface area contributed by atoms with Crippen LogP contribution in [0.3, 0.4) is 0 Å². The monoisotopic (exact) mass is 269 g/mol. The van der Waals surface area contributed by atoms with Crippen molar-refractivity contribution in [2.45, 2.75) is 45.7 Å². The Hall–Kier alpha value is -0.570. The SMILES string of the molecule is CCCC(NC(C)C(C)CO)c1ccc(Cl)cc1. The minimum Gasteiger partial charge on any atom is -0.396 e. The first-order chi connectivity index (χ1) is 8.58. The van der Waals surface area contributed by atoms with E-state index < -0.39 is 0 Å². The molecular weight excluding hydrogens is 246 g/mol. The van der Waals surface area contributed by atoms with E-state index in [0.29, 0.717) is 12.1 Å². The van der Waals surface area contributed by atoms with Crippen LogP contribution >= 0.6 is 11.6 Å². The van der Waals surface area contributed by atoms with Crippen LogP contribution in [-0.4, -0.2) is 17.8 Å². The predicted molar refractivity (Wildman–Crippen MR) is 77.9 cm³/mol. The van der Waals surface area contributed by atoms with Gasteiger partial charge in [-0.1, -0.05) is 44.0 Å². The lowest BCUT2D eigenvalue weighted by Gasteiger charge is -2.26. The third kappa shape index (κ3) is 4.60. The molecule has 3 atom stereocenters. The van der Waals surface area contributed by atoms with Gasteiger partial charge in [-0.2, -0.15) is 0 Å². The minimum absolute atomic E-state index is 0.216. The van der Waals surface area contributed by atoms with E-state index in [0.717, 1.165) is 17.9 Å². The van der Waals surface area contributed by atoms with E-state index in [2.05, 4.69) is 38.2 Å². The third-order valence-electron chi connectivity index (χ3n) is 3.46. The maximum atomic E-state index is 9.20. The van der Waals surface area contributed by atoms with Gasteiger partial charge in [0.15, 0.2) is 0 Å². The lowest BCUT2D eigenvalue weighted by molar-refractivity contribution is 0.199. The van der Waals surface area contributed by atoms with Gasteiger partial charge < -0.3 is 10.4 Å². The van der Waals surface area contributed by atoms with Gasteiger partial charge in [-0.05, 0) is 37.0 Å². The molecule has 2 N–H and O–H groups in total. The van der Waals surface area contributed by atoms with E-state index in [4.69, 9.17) is 11.6 Å². The summed E-state index contributed by atoms with van der Waals surface area (Å²) in [7, 11) is 0. The minimum atomic E-state index is 0.216. The maximum absolute atomic E-state index is 9.20. The molecule has 0 amide bonds. The Labute approximate surface area is 115 Å². The lowest BCUT2D eigenvalue weighted by Crippen LogP contribution is -2.36. The Balaban J connectivity index is 2.73. The highest BCUT2D eigenvalue weighted by molar-refractivity contribution is 6.30. The molecule has 1 rings (SSSR count). The number of aliphatic hydroxyl groups is 1. The van der Waals surface area contributed by atoms with Gasteiger partial charge in [0.05, 0.1) is 0 Å². The standard InChI is InChI=1S/C15H24ClNO/c1-4-5-15(17-12(3)11(2)10-18)13-6-8-14(16)9-7-13/h6-9,11-12,15,17-18H,4-5,10H2,1-3H3. The van der Waals surface area contributed by atoms with Crippen molar-refractivity contribution in [2.24, 2.45) is 5.92 Å². The van der Waals surface area contributed by atoms with Crippen molar-refractivity contribution in [3.63, 3.8) is 0 Å². The van der Waals surface area contributed by atoms with Crippen LogP contribution in [0.1, 0.15) is 45.2 Å². The Kier molecular flexibility index (Phi) is 6.69. The van der Waals surface area contributed by atoms with Crippen LogP contribution < -0.4 is 5.32 Å². The van der Waals surface area contributed by atoms with E-state index in [-0.39, 0.29) is 12.5 Å². The van der Waals surface area contributed by atoms with E-state index >= 15 is 0 Å². The largest absolute Gasteiger partial charge is 0.396 e. The van der Waals surface area contributed by atoms with Crippen molar-refractivity contribution in [2.75, 3.05) is 6.61 Å². The summed E-state index contributed by atoms with van der Waals surface area (Å²) in [6, 6.07) is 8.64. The molecule has 18 heavy (non-hydrogen) atoms. The van der Waals surface area contributed by atoms with Gasteiger partial charge in [0.1, 0.15) is 0 Å². The quantitative estimate of drug-likeness (QED) is 0.789. The molecule has 0 radical (unpaired) electrons. The summed E-state index contributed by atoms with van der Waals surface area (Å²) < 4.78 is 0. The number of hydrogen-bond acceptors (Lipinski definition) is 2. The lowest BCUT2D eigenvalue weighted by atomic mass is 9.98. The summed E-state index contributed by atoms with van der Waals surface area (Å²) in [6.45, 7) is 6.58. The molecule has 2 nitrogen and oxygen atoms in total. The molecule has 0 spiro atoms. The van der Waals surface area contributed by atoms with E-state index in [1.165, 1.54) is 5.56 Å². The molecule has 0 aliphatic rings. The zero-order valence-electron chi connectivity index (χ0n) is 11.5. The van der Waals surface area contributed by atoms with Crippen molar-refractivity contribution in [3.05, 3.63) is 34.9 Å². The van der Waals surface area contributed by atoms with Crippen LogP contribution in [0.25, 0.3) is 0 Å². The number of halogens is 1. The smallest absolute Gasteiger partial charge is 0.0471 e. The summed E-state index contributed by atoms with van der Waals surface area (Å²) in [5.41, 5.74) is 1.26. The highest BCUT2D eigenvalue weighted by Gasteiger charge is 2.17. The fourth-order valence-corrected chi connectivity index (χ4v) is 2.10. The number of aliphatic hydroxyl groups excluding tert-OH is 1. The van der Waals surface area contributed by atoms with Gasteiger partial charge in [-0.25, -0.2) is 0 Å². The first-order valence-corrected chi connectivity index (χ1v) is 7.08. The van der Waals surface area contributed by atoms with Crippen LogP contribution in [-0.2, 0) is 0 Å². The van der Waals surface area contributed by atoms with Gasteiger partial charge in [0.25, 0.3) is 0 Å². The summed E-state index contributed by atoms with van der Waals surface area (Å²) in [5, 5.41) is 13.6. The van der Waals surface area contributed by atoms with E-state index in [1.807, 2.05) is 12.1 Å². The average Bonchev–Trinajstić information content (AvgIpc) is 2.38. The van der Waals surface area contributed by atoms with Gasteiger partial charge in [-0.3, -0.25) is 0 Å². The van der Waals surface area contributed by atoms with Crippen molar-refractivity contribution >= 4 is 11.6 Å². The number of rotatable bonds is 7. The van der Waals surface area contributed by atoms with Crippen molar-refractivity contribution in [3.8, 4) is 0 Å². The second-order valence-electron chi connectivity index (χ2n) is 5.01. The Morgan fingerprint density at radius 3 is 2.33 bits per heavy atom. The van der Waals surface area contributed by atoms with Crippen LogP contribution in [0, 0.1) is 5.92 Å². The number of nitrogens with one attached hydrogen (secondary N) is 1. The molecule has 0 aliphatic heterocycles. The van der Waals surface area contributed by atoms with Crippen molar-refractivity contribution < 1.29 is 5.11 Å². The predicted octanol–water partition coefficient (Wildman–Crippen LogP) is 3.79. The third-order valence-corrected chi connectivity index (χ3v) is 3.71. The second-order valence-corrected chi connectivity index (χ2v) is 5.44. The first-order valence-electron chi connectivity index (χ1n) is 6.70. The zero-order valence-corrected chi connectivity index (χ0v) is 12.2. The normalized spacial score (nSPS) is 16.3. The van der Waals surface area contributed by atoms with Gasteiger partial charge in [0.2, 0.25) is 0 Å². The highest BCUT2D eigenvalue weighted by atomic mass is 35.5. The molecule has 0 saturated heterocycles. The molecule has 0 heterocycles. The molecular formula is C15H24ClNO. The van der Waals surface area contributed by atoms with Gasteiger partial charge >= 0.3 is 0 Å². The maximum Gasteiger partial charge on any atom is 0.0471 e. The van der Waals surface area contributed by atoms with Crippen LogP contribution in [0.15, 0.2) is 24.3 Å². The first kappa shape index (κ1) is 15.5. The van der Waals surface area contributed by atoms with Gasteiger partial charge in [-0.15, -0.1) is 0 Å². The Bertz CT molecular complexity index is 339. The second kappa shape index (κ2) is 7.78. The molecule has 0 bridgehead atoms. The summed E-state index contributed by atoms with van der Waals surface area (Å²) in [6.07, 6.45) is 2.21. The van der Waals surface area contributed by atoms with Crippen LogP contribution in [0.4, 0.5) is 0 Å². The van der Waals surface area contributed by atoms with Gasteiger partial charge in [0, 0.05) is 23.7 Å². The fraction of sp³-hybridized carbons (Fsp3) is 0.600. The number of benzene rings is 1. The van der Waals surface area contributed by atoms with Crippen molar-refractivity contribution in [1.29, 1.82) is 0 Å². The van der Waals surface area contributed by atoms with E-state index in [1.54, 1.807) is 0 Å². The molecule has 0 fully saturated rings. The highest BCUT2D eigenvalue weighted by Crippen LogP contribution is 2.22. The molecule has 3 heteroatoms. The summed E-state index contributed by atoms with van der Waals surface area (Å²) >= 11 is 5.92. The van der Waals surface area contributed by atoms with Crippen molar-refractivity contribution in [1.82, 2.24) is 5.32 Å². The summed E-state index contributed by atoms with van der Waals surface area (Å²) in [4.78, 5) is 0. The van der Waals surface area contributed by atoms with Crippen LogP contribution in [0.2, 0.25) is 5.02 Å². The fourth-order valence-electron chi connectivity index (χ4n) is 1.97. The topological polar surface area (TPSA) is 32.3 Å². The Morgan fingerprint density at radius 2 is 1.83 bits per heavy atom. The average molecular weight is 270 g/mol. The zero-order chi connectivity index (χ0) is 13.5. The molecule has 1 aromatic carbocycles. The molecule has 1 aromatic rings. The van der Waals surface area contributed by atoms with E-state index in [9.17, 15) is 5.11 Å². The molecule has 102 valence electrons. The molecule has 0 aromatic heterocycles. The molecule has 0 aliphatic carbocycles. The molecule has 3 unspecified atom stereocenters. The Morgan fingerprint density at radius 1 is 1.22 bits per heavy atom. The van der Waals surface area contributed by atoms with Crippen LogP contribution in [0.5, 0.6) is 0 Å². The number of hydrogen-bond donors (Lipinski definition) is 2. The summed E-state index contributed by atoms with van der Waals surface area (Å²) in [5.74, 6) is 0.261. The molecule has 0 saturated carbocycles.